The molecule has 0 radical (unpaired) electrons. The summed E-state index contributed by atoms with van der Waals surface area (Å²) in [4.78, 5) is 19.6. The van der Waals surface area contributed by atoms with Gasteiger partial charge in [0.25, 0.3) is 0 Å². The maximum atomic E-state index is 10.5. The average Bonchev–Trinajstić information content (AvgIpc) is 2.88. The highest BCUT2D eigenvalue weighted by molar-refractivity contribution is 7.09. The molecule has 1 saturated heterocycles. The second kappa shape index (κ2) is 6.81. The molecule has 2 heterocycles. The lowest BCUT2D eigenvalue weighted by atomic mass is 10.2. The first-order chi connectivity index (χ1) is 9.19. The molecule has 1 aliphatic rings. The van der Waals surface area contributed by atoms with Gasteiger partial charge in [0.15, 0.2) is 0 Å². The Labute approximate surface area is 117 Å². The summed E-state index contributed by atoms with van der Waals surface area (Å²) < 4.78 is 4.31. The topological polar surface area (TPSA) is 69.6 Å². The second-order valence-corrected chi connectivity index (χ2v) is 5.40. The Kier molecular flexibility index (Phi) is 5.09. The number of hydrogen-bond acceptors (Lipinski definition) is 6. The van der Waals surface area contributed by atoms with Gasteiger partial charge in [0.1, 0.15) is 5.82 Å². The van der Waals surface area contributed by atoms with E-state index in [0.29, 0.717) is 0 Å². The van der Waals surface area contributed by atoms with Crippen molar-refractivity contribution >= 4 is 22.6 Å². The minimum absolute atomic E-state index is 0.260. The third-order valence-electron chi connectivity index (χ3n) is 3.28. The molecule has 1 aromatic rings. The molecule has 1 N–H and O–H groups in total. The molecule has 0 spiro atoms. The monoisotopic (exact) mass is 284 g/mol. The summed E-state index contributed by atoms with van der Waals surface area (Å²) in [7, 11) is 0. The number of aromatic nitrogens is 2. The fourth-order valence-electron chi connectivity index (χ4n) is 2.13. The first-order valence-corrected chi connectivity index (χ1v) is 7.48. The fraction of sp³-hybridized carbons (Fsp3) is 0.750. The molecule has 0 aromatic carbocycles. The van der Waals surface area contributed by atoms with Crippen molar-refractivity contribution in [1.82, 2.24) is 14.3 Å². The molecule has 19 heavy (non-hydrogen) atoms. The molecular formula is C12H20N4O2S. The highest BCUT2D eigenvalue weighted by Crippen LogP contribution is 2.19. The third kappa shape index (κ3) is 4.14. The second-order valence-electron chi connectivity index (χ2n) is 4.67. The van der Waals surface area contributed by atoms with Crippen LogP contribution in [-0.2, 0) is 11.2 Å². The lowest BCUT2D eigenvalue weighted by molar-refractivity contribution is -0.137. The standard InChI is InChI=1S/C12H20N4O2S/c1-2-10-13-12(19-14-10)16-8-6-15(7-9-16)5-3-4-11(17)18/h2-9H2,1H3,(H,17,18). The number of rotatable bonds is 6. The molecule has 1 aromatic heterocycles. The molecule has 6 nitrogen and oxygen atoms in total. The zero-order valence-corrected chi connectivity index (χ0v) is 12.0. The number of carboxylic acids is 1. The highest BCUT2D eigenvalue weighted by Gasteiger charge is 2.19. The van der Waals surface area contributed by atoms with Crippen LogP contribution in [0.15, 0.2) is 0 Å². The van der Waals surface area contributed by atoms with Crippen molar-refractivity contribution in [3.05, 3.63) is 5.82 Å². The smallest absolute Gasteiger partial charge is 0.303 e. The van der Waals surface area contributed by atoms with Crippen LogP contribution in [0.3, 0.4) is 0 Å². The van der Waals surface area contributed by atoms with Crippen LogP contribution in [0.5, 0.6) is 0 Å². The number of aliphatic carboxylic acids is 1. The minimum Gasteiger partial charge on any atom is -0.481 e. The maximum Gasteiger partial charge on any atom is 0.303 e. The molecule has 0 amide bonds. The summed E-state index contributed by atoms with van der Waals surface area (Å²) in [6.07, 6.45) is 1.87. The Balaban J connectivity index is 1.74. The molecule has 0 aliphatic carbocycles. The number of aryl methyl sites for hydroxylation is 1. The van der Waals surface area contributed by atoms with Gasteiger partial charge in [-0.25, -0.2) is 4.98 Å². The third-order valence-corrected chi connectivity index (χ3v) is 4.10. The summed E-state index contributed by atoms with van der Waals surface area (Å²) in [5, 5.41) is 9.63. The fourth-order valence-corrected chi connectivity index (χ4v) is 2.93. The van der Waals surface area contributed by atoms with E-state index < -0.39 is 5.97 Å². The zero-order chi connectivity index (χ0) is 13.7. The molecule has 1 aliphatic heterocycles. The van der Waals surface area contributed by atoms with E-state index in [2.05, 4.69) is 26.1 Å². The van der Waals surface area contributed by atoms with E-state index in [1.807, 2.05) is 0 Å². The van der Waals surface area contributed by atoms with Gasteiger partial charge < -0.3 is 10.0 Å². The average molecular weight is 284 g/mol. The number of carboxylic acid groups (broad SMARTS) is 1. The van der Waals surface area contributed by atoms with E-state index in [-0.39, 0.29) is 6.42 Å². The van der Waals surface area contributed by atoms with Crippen molar-refractivity contribution in [2.45, 2.75) is 26.2 Å². The number of hydrogen-bond donors (Lipinski definition) is 1. The molecule has 106 valence electrons. The van der Waals surface area contributed by atoms with Gasteiger partial charge in [0.05, 0.1) is 0 Å². The van der Waals surface area contributed by atoms with Crippen LogP contribution in [0.1, 0.15) is 25.6 Å². The Morgan fingerprint density at radius 1 is 1.37 bits per heavy atom. The molecular weight excluding hydrogens is 264 g/mol. The van der Waals surface area contributed by atoms with Gasteiger partial charge in [-0.1, -0.05) is 6.92 Å². The van der Waals surface area contributed by atoms with Gasteiger partial charge in [-0.05, 0) is 13.0 Å². The number of anilines is 1. The van der Waals surface area contributed by atoms with Gasteiger partial charge in [-0.15, -0.1) is 0 Å². The summed E-state index contributed by atoms with van der Waals surface area (Å²) in [5.74, 6) is 0.212. The molecule has 0 saturated carbocycles. The first kappa shape index (κ1) is 14.2. The van der Waals surface area contributed by atoms with Gasteiger partial charge in [0, 0.05) is 50.6 Å². The summed E-state index contributed by atoms with van der Waals surface area (Å²) >= 11 is 1.47. The largest absolute Gasteiger partial charge is 0.481 e. The van der Waals surface area contributed by atoms with E-state index in [0.717, 1.165) is 56.5 Å². The van der Waals surface area contributed by atoms with E-state index in [9.17, 15) is 4.79 Å². The molecule has 7 heteroatoms. The molecule has 0 bridgehead atoms. The Hall–Kier alpha value is -1.21. The zero-order valence-electron chi connectivity index (χ0n) is 11.2. The maximum absolute atomic E-state index is 10.5. The van der Waals surface area contributed by atoms with Gasteiger partial charge >= 0.3 is 5.97 Å². The van der Waals surface area contributed by atoms with Crippen molar-refractivity contribution in [2.24, 2.45) is 0 Å². The van der Waals surface area contributed by atoms with Crippen LogP contribution in [0.25, 0.3) is 0 Å². The van der Waals surface area contributed by atoms with Crippen LogP contribution >= 0.6 is 11.5 Å². The van der Waals surface area contributed by atoms with E-state index in [1.165, 1.54) is 11.5 Å². The lowest BCUT2D eigenvalue weighted by Gasteiger charge is -2.34. The first-order valence-electron chi connectivity index (χ1n) is 6.70. The van der Waals surface area contributed by atoms with E-state index in [4.69, 9.17) is 5.11 Å². The number of carbonyl (C=O) groups is 1. The van der Waals surface area contributed by atoms with Crippen molar-refractivity contribution in [3.8, 4) is 0 Å². The SMILES string of the molecule is CCc1nsc(N2CCN(CCCC(=O)O)CC2)n1. The van der Waals surface area contributed by atoms with Crippen LogP contribution in [-0.4, -0.2) is 58.1 Å². The lowest BCUT2D eigenvalue weighted by Crippen LogP contribution is -2.46. The van der Waals surface area contributed by atoms with Crippen molar-refractivity contribution in [3.63, 3.8) is 0 Å². The Morgan fingerprint density at radius 2 is 2.11 bits per heavy atom. The molecule has 0 atom stereocenters. The van der Waals surface area contributed by atoms with Crippen LogP contribution < -0.4 is 4.90 Å². The number of nitrogens with zero attached hydrogens (tertiary/aromatic N) is 4. The van der Waals surface area contributed by atoms with E-state index >= 15 is 0 Å². The van der Waals surface area contributed by atoms with Gasteiger partial charge in [-0.2, -0.15) is 4.37 Å². The summed E-state index contributed by atoms with van der Waals surface area (Å²) in [6, 6.07) is 0. The van der Waals surface area contributed by atoms with Gasteiger partial charge in [0.2, 0.25) is 5.13 Å². The molecule has 0 unspecified atom stereocenters. The van der Waals surface area contributed by atoms with Gasteiger partial charge in [-0.3, -0.25) is 9.69 Å². The summed E-state index contributed by atoms with van der Waals surface area (Å²) in [6.45, 7) is 6.78. The van der Waals surface area contributed by atoms with Crippen LogP contribution in [0.2, 0.25) is 0 Å². The molecule has 2 rings (SSSR count). The summed E-state index contributed by atoms with van der Waals surface area (Å²) in [5.41, 5.74) is 0. The molecule has 1 fully saturated rings. The van der Waals surface area contributed by atoms with Crippen LogP contribution in [0, 0.1) is 0 Å². The highest BCUT2D eigenvalue weighted by atomic mass is 32.1. The predicted octanol–water partition coefficient (Wildman–Crippen LogP) is 1.09. The quantitative estimate of drug-likeness (QED) is 0.843. The van der Waals surface area contributed by atoms with E-state index in [1.54, 1.807) is 0 Å². The minimum atomic E-state index is -0.709. The predicted molar refractivity (Wildman–Crippen MR) is 74.8 cm³/mol. The van der Waals surface area contributed by atoms with Crippen molar-refractivity contribution < 1.29 is 9.90 Å². The number of piperazine rings is 1. The Bertz CT molecular complexity index is 416. The normalized spacial score (nSPS) is 16.8. The van der Waals surface area contributed by atoms with Crippen LogP contribution in [0.4, 0.5) is 5.13 Å². The van der Waals surface area contributed by atoms with Crippen molar-refractivity contribution in [1.29, 1.82) is 0 Å². The van der Waals surface area contributed by atoms with Crippen molar-refractivity contribution in [2.75, 3.05) is 37.6 Å². The Morgan fingerprint density at radius 3 is 2.68 bits per heavy atom.